The SMILES string of the molecule is CNC(=O)[C@@H](C)N(Cc1ccc(Cl)c(Cl)c1)C(=O)CN(c1cc(C)ccc1C)S(=O)(=O)N(C)C. The lowest BCUT2D eigenvalue weighted by molar-refractivity contribution is -0.139. The van der Waals surface area contributed by atoms with Gasteiger partial charge in [0, 0.05) is 27.7 Å². The molecule has 0 aromatic heterocycles. The molecule has 1 atom stereocenters. The molecule has 0 radical (unpaired) electrons. The smallest absolute Gasteiger partial charge is 0.304 e. The summed E-state index contributed by atoms with van der Waals surface area (Å²) in [7, 11) is 0.258. The Balaban J connectivity index is 2.52. The second kappa shape index (κ2) is 11.4. The molecule has 0 aliphatic heterocycles. The fraction of sp³-hybridized carbons (Fsp3) is 0.391. The monoisotopic (exact) mass is 528 g/mol. The van der Waals surface area contributed by atoms with Gasteiger partial charge in [0.05, 0.1) is 15.7 Å². The Hall–Kier alpha value is -2.33. The quantitative estimate of drug-likeness (QED) is 0.540. The number of hydrogen-bond acceptors (Lipinski definition) is 4. The fourth-order valence-electron chi connectivity index (χ4n) is 3.32. The van der Waals surface area contributed by atoms with E-state index in [4.69, 9.17) is 23.2 Å². The van der Waals surface area contributed by atoms with E-state index in [-0.39, 0.29) is 12.5 Å². The molecule has 0 saturated carbocycles. The molecule has 2 aromatic rings. The van der Waals surface area contributed by atoms with Crippen LogP contribution in [0.15, 0.2) is 36.4 Å². The first-order valence-corrected chi connectivity index (χ1v) is 12.7. The van der Waals surface area contributed by atoms with Gasteiger partial charge in [0.15, 0.2) is 0 Å². The number of nitrogens with one attached hydrogen (secondary N) is 1. The third kappa shape index (κ3) is 6.41. The maximum atomic E-state index is 13.6. The summed E-state index contributed by atoms with van der Waals surface area (Å²) in [5, 5.41) is 3.21. The highest BCUT2D eigenvalue weighted by molar-refractivity contribution is 7.90. The van der Waals surface area contributed by atoms with Crippen molar-refractivity contribution in [1.29, 1.82) is 0 Å². The van der Waals surface area contributed by atoms with E-state index < -0.39 is 28.7 Å². The molecule has 0 heterocycles. The Morgan fingerprint density at radius 3 is 2.24 bits per heavy atom. The summed E-state index contributed by atoms with van der Waals surface area (Å²) in [5.41, 5.74) is 2.58. The van der Waals surface area contributed by atoms with E-state index in [1.54, 1.807) is 44.2 Å². The van der Waals surface area contributed by atoms with E-state index >= 15 is 0 Å². The van der Waals surface area contributed by atoms with Crippen LogP contribution < -0.4 is 9.62 Å². The van der Waals surface area contributed by atoms with Gasteiger partial charge in [-0.3, -0.25) is 9.59 Å². The molecule has 11 heteroatoms. The standard InChI is InChI=1S/C23H30Cl2N4O4S/c1-15-7-8-16(2)21(11-15)29(34(32,33)27(5)6)14-22(30)28(17(3)23(31)26-4)13-18-9-10-19(24)20(25)12-18/h7-12,17H,13-14H2,1-6H3,(H,26,31)/t17-/m1/s1. The van der Waals surface area contributed by atoms with Crippen LogP contribution in [0.4, 0.5) is 5.69 Å². The minimum atomic E-state index is -4.02. The molecule has 0 bridgehead atoms. The van der Waals surface area contributed by atoms with Crippen LogP contribution in [0.5, 0.6) is 0 Å². The van der Waals surface area contributed by atoms with Gasteiger partial charge < -0.3 is 10.2 Å². The van der Waals surface area contributed by atoms with Gasteiger partial charge in [0.25, 0.3) is 0 Å². The van der Waals surface area contributed by atoms with Gasteiger partial charge in [-0.25, -0.2) is 4.31 Å². The van der Waals surface area contributed by atoms with Crippen LogP contribution in [0.1, 0.15) is 23.6 Å². The number of carbonyl (C=O) groups is 2. The first kappa shape index (κ1) is 27.9. The van der Waals surface area contributed by atoms with E-state index in [9.17, 15) is 18.0 Å². The number of amides is 2. The van der Waals surface area contributed by atoms with Gasteiger partial charge in [0.1, 0.15) is 12.6 Å². The summed E-state index contributed by atoms with van der Waals surface area (Å²) in [6.45, 7) is 4.74. The predicted molar refractivity (Wildman–Crippen MR) is 136 cm³/mol. The molecule has 0 fully saturated rings. The van der Waals surface area contributed by atoms with Crippen molar-refractivity contribution in [2.24, 2.45) is 0 Å². The van der Waals surface area contributed by atoms with Crippen molar-refractivity contribution in [1.82, 2.24) is 14.5 Å². The van der Waals surface area contributed by atoms with E-state index in [0.29, 0.717) is 26.9 Å². The number of nitrogens with zero attached hydrogens (tertiary/aromatic N) is 3. The van der Waals surface area contributed by atoms with E-state index in [0.717, 1.165) is 14.2 Å². The minimum Gasteiger partial charge on any atom is -0.357 e. The summed E-state index contributed by atoms with van der Waals surface area (Å²) in [5.74, 6) is -0.935. The van der Waals surface area contributed by atoms with E-state index in [2.05, 4.69) is 5.32 Å². The lowest BCUT2D eigenvalue weighted by atomic mass is 10.1. The Morgan fingerprint density at radius 2 is 1.68 bits per heavy atom. The van der Waals surface area contributed by atoms with Crippen molar-refractivity contribution >= 4 is 50.9 Å². The van der Waals surface area contributed by atoms with Crippen LogP contribution >= 0.6 is 23.2 Å². The van der Waals surface area contributed by atoms with Crippen LogP contribution in [0.2, 0.25) is 10.0 Å². The molecule has 0 unspecified atom stereocenters. The Bertz CT molecular complexity index is 1170. The van der Waals surface area contributed by atoms with Crippen molar-refractivity contribution < 1.29 is 18.0 Å². The summed E-state index contributed by atoms with van der Waals surface area (Å²) in [6, 6.07) is 9.43. The maximum Gasteiger partial charge on any atom is 0.304 e. The van der Waals surface area contributed by atoms with Gasteiger partial charge in [-0.1, -0.05) is 41.4 Å². The lowest BCUT2D eigenvalue weighted by Gasteiger charge is -2.33. The molecule has 0 aliphatic rings. The molecule has 2 aromatic carbocycles. The topological polar surface area (TPSA) is 90.0 Å². The molecular weight excluding hydrogens is 499 g/mol. The highest BCUT2D eigenvalue weighted by atomic mass is 35.5. The highest BCUT2D eigenvalue weighted by Crippen LogP contribution is 2.27. The molecule has 2 amide bonds. The third-order valence-corrected chi connectivity index (χ3v) is 7.95. The van der Waals surface area contributed by atoms with Crippen LogP contribution in [0.25, 0.3) is 0 Å². The van der Waals surface area contributed by atoms with Crippen molar-refractivity contribution in [2.75, 3.05) is 32.0 Å². The third-order valence-electron chi connectivity index (χ3n) is 5.40. The normalized spacial score (nSPS) is 12.4. The summed E-state index contributed by atoms with van der Waals surface area (Å²) < 4.78 is 28.6. The molecule has 34 heavy (non-hydrogen) atoms. The molecule has 0 saturated heterocycles. The highest BCUT2D eigenvalue weighted by Gasteiger charge is 2.33. The Labute approximate surface area is 211 Å². The van der Waals surface area contributed by atoms with Crippen LogP contribution in [0, 0.1) is 13.8 Å². The van der Waals surface area contributed by atoms with Gasteiger partial charge in [-0.05, 0) is 55.7 Å². The molecule has 0 spiro atoms. The van der Waals surface area contributed by atoms with Crippen LogP contribution in [0.3, 0.4) is 0 Å². The zero-order valence-electron chi connectivity index (χ0n) is 20.1. The Kier molecular flexibility index (Phi) is 9.36. The number of rotatable bonds is 9. The van der Waals surface area contributed by atoms with Gasteiger partial charge in [0.2, 0.25) is 11.8 Å². The second-order valence-corrected chi connectivity index (χ2v) is 11.0. The molecular formula is C23H30Cl2N4O4S. The number of aryl methyl sites for hydroxylation is 2. The van der Waals surface area contributed by atoms with Gasteiger partial charge in [-0.2, -0.15) is 12.7 Å². The number of halogens is 2. The van der Waals surface area contributed by atoms with Crippen molar-refractivity contribution in [3.05, 3.63) is 63.1 Å². The zero-order valence-corrected chi connectivity index (χ0v) is 22.4. The fourth-order valence-corrected chi connectivity index (χ4v) is 4.75. The van der Waals surface area contributed by atoms with Crippen LogP contribution in [-0.2, 0) is 26.3 Å². The number of benzene rings is 2. The first-order valence-electron chi connectivity index (χ1n) is 10.5. The van der Waals surface area contributed by atoms with Crippen molar-refractivity contribution in [3.8, 4) is 0 Å². The van der Waals surface area contributed by atoms with Gasteiger partial charge in [-0.15, -0.1) is 0 Å². The largest absolute Gasteiger partial charge is 0.357 e. The van der Waals surface area contributed by atoms with Gasteiger partial charge >= 0.3 is 10.2 Å². The zero-order chi connectivity index (χ0) is 25.8. The predicted octanol–water partition coefficient (Wildman–Crippen LogP) is 3.39. The summed E-state index contributed by atoms with van der Waals surface area (Å²) >= 11 is 12.1. The van der Waals surface area contributed by atoms with Crippen LogP contribution in [-0.4, -0.2) is 63.2 Å². The number of hydrogen-bond donors (Lipinski definition) is 1. The maximum absolute atomic E-state index is 13.6. The molecule has 1 N–H and O–H groups in total. The number of likely N-dealkylation sites (N-methyl/N-ethyl adjacent to an activating group) is 1. The molecule has 8 nitrogen and oxygen atoms in total. The molecule has 0 aliphatic carbocycles. The summed E-state index contributed by atoms with van der Waals surface area (Å²) in [4.78, 5) is 27.3. The number of anilines is 1. The summed E-state index contributed by atoms with van der Waals surface area (Å²) in [6.07, 6.45) is 0. The van der Waals surface area contributed by atoms with Crippen molar-refractivity contribution in [3.63, 3.8) is 0 Å². The number of carbonyl (C=O) groups excluding carboxylic acids is 2. The lowest BCUT2D eigenvalue weighted by Crippen LogP contribution is -2.52. The average molecular weight is 529 g/mol. The molecule has 186 valence electrons. The second-order valence-electron chi connectivity index (χ2n) is 8.15. The first-order chi connectivity index (χ1) is 15.8. The minimum absolute atomic E-state index is 0.0347. The average Bonchev–Trinajstić information content (AvgIpc) is 2.78. The molecule has 2 rings (SSSR count). The Morgan fingerprint density at radius 1 is 1.03 bits per heavy atom. The van der Waals surface area contributed by atoms with E-state index in [1.165, 1.54) is 26.0 Å². The van der Waals surface area contributed by atoms with E-state index in [1.807, 2.05) is 13.0 Å². The van der Waals surface area contributed by atoms with Crippen molar-refractivity contribution in [2.45, 2.75) is 33.4 Å².